The molecular weight excluding hydrogens is 288 g/mol. The van der Waals surface area contributed by atoms with Crippen LogP contribution in [0.4, 0.5) is 0 Å². The lowest BCUT2D eigenvalue weighted by molar-refractivity contribution is 0.248. The average molecular weight is 304 g/mol. The van der Waals surface area contributed by atoms with Crippen LogP contribution in [0.15, 0.2) is 0 Å². The van der Waals surface area contributed by atoms with Gasteiger partial charge in [0.15, 0.2) is 0 Å². The zero-order valence-electron chi connectivity index (χ0n) is 9.74. The van der Waals surface area contributed by atoms with Crippen LogP contribution in [0.3, 0.4) is 0 Å². The van der Waals surface area contributed by atoms with Gasteiger partial charge in [0.2, 0.25) is 0 Å². The summed E-state index contributed by atoms with van der Waals surface area (Å²) in [7, 11) is -7.24. The second-order valence-electron chi connectivity index (χ2n) is 3.52. The molecule has 0 aromatic heterocycles. The van der Waals surface area contributed by atoms with Crippen LogP contribution in [0.2, 0.25) is 0 Å². The maximum Gasteiger partial charge on any atom is 0.399 e. The highest BCUT2D eigenvalue weighted by atomic mass is 32.3. The van der Waals surface area contributed by atoms with Gasteiger partial charge in [-0.3, -0.25) is 0 Å². The molecule has 0 bridgehead atoms. The first kappa shape index (κ1) is 15.8. The normalized spacial score (nSPS) is 27.1. The molecule has 0 atom stereocenters. The van der Waals surface area contributed by atoms with Gasteiger partial charge < -0.3 is 0 Å². The van der Waals surface area contributed by atoms with Crippen LogP contribution < -0.4 is 0 Å². The highest BCUT2D eigenvalue weighted by Crippen LogP contribution is 2.06. The van der Waals surface area contributed by atoms with E-state index in [4.69, 9.17) is 0 Å². The van der Waals surface area contributed by atoms with Crippen molar-refractivity contribution in [1.29, 1.82) is 0 Å². The van der Waals surface area contributed by atoms with E-state index in [9.17, 15) is 16.8 Å². The van der Waals surface area contributed by atoms with Crippen LogP contribution >= 0.6 is 0 Å². The molecule has 18 heavy (non-hydrogen) atoms. The molecule has 10 heteroatoms. The van der Waals surface area contributed by atoms with E-state index in [-0.39, 0.29) is 26.4 Å². The summed E-state index contributed by atoms with van der Waals surface area (Å²) in [6.07, 6.45) is 3.00. The monoisotopic (exact) mass is 304 g/mol. The molecule has 0 aromatic carbocycles. The third-order valence-corrected chi connectivity index (χ3v) is 3.81. The average Bonchev–Trinajstić information content (AvgIpc) is 2.58. The fourth-order valence-corrected chi connectivity index (χ4v) is 2.54. The molecule has 2 heterocycles. The molecule has 0 saturated carbocycles. The van der Waals surface area contributed by atoms with Gasteiger partial charge in [-0.15, -0.1) is 0 Å². The van der Waals surface area contributed by atoms with Crippen LogP contribution in [-0.2, 0) is 37.5 Å². The van der Waals surface area contributed by atoms with Gasteiger partial charge in [0.1, 0.15) is 0 Å². The zero-order chi connectivity index (χ0) is 13.5. The van der Waals surface area contributed by atoms with Gasteiger partial charge in [-0.25, -0.2) is 16.7 Å². The molecule has 2 fully saturated rings. The number of rotatable bonds is 0. The van der Waals surface area contributed by atoms with Crippen molar-refractivity contribution in [2.24, 2.45) is 0 Å². The lowest BCUT2D eigenvalue weighted by Gasteiger charge is -1.95. The number of hydrogen-bond donors (Lipinski definition) is 0. The summed E-state index contributed by atoms with van der Waals surface area (Å²) < 4.78 is 59.1. The Hall–Kier alpha value is -0.260. The van der Waals surface area contributed by atoms with Crippen molar-refractivity contribution in [3.05, 3.63) is 0 Å². The van der Waals surface area contributed by atoms with Crippen molar-refractivity contribution in [3.8, 4) is 0 Å². The highest BCUT2D eigenvalue weighted by Gasteiger charge is 2.14. The van der Waals surface area contributed by atoms with Gasteiger partial charge >= 0.3 is 20.8 Å². The molecule has 0 spiro atoms. The van der Waals surface area contributed by atoms with E-state index in [0.29, 0.717) is 0 Å². The fourth-order valence-electron chi connectivity index (χ4n) is 1.12. The van der Waals surface area contributed by atoms with E-state index in [0.717, 1.165) is 25.7 Å². The van der Waals surface area contributed by atoms with Gasteiger partial charge in [0.25, 0.3) is 0 Å². The standard InChI is InChI=1S/2C4H8O4S/c2*5-9(6)7-3-1-2-4-8-9/h2*1-4H2. The third-order valence-electron chi connectivity index (χ3n) is 1.99. The summed E-state index contributed by atoms with van der Waals surface area (Å²) in [5, 5.41) is 0. The Balaban J connectivity index is 0.000000180. The first-order valence-corrected chi connectivity index (χ1v) is 8.15. The molecule has 2 aliphatic heterocycles. The summed E-state index contributed by atoms with van der Waals surface area (Å²) in [6, 6.07) is 0. The molecule has 0 radical (unpaired) electrons. The van der Waals surface area contributed by atoms with E-state index in [2.05, 4.69) is 16.7 Å². The second kappa shape index (κ2) is 7.36. The van der Waals surface area contributed by atoms with E-state index in [1.54, 1.807) is 0 Å². The molecule has 0 unspecified atom stereocenters. The number of hydrogen-bond acceptors (Lipinski definition) is 8. The Labute approximate surface area is 107 Å². The lowest BCUT2D eigenvalue weighted by Crippen LogP contribution is -2.06. The topological polar surface area (TPSA) is 105 Å². The predicted octanol–water partition coefficient (Wildman–Crippen LogP) is 0.116. The van der Waals surface area contributed by atoms with Crippen molar-refractivity contribution in [2.75, 3.05) is 26.4 Å². The van der Waals surface area contributed by atoms with Gasteiger partial charge in [-0.05, 0) is 25.7 Å². The van der Waals surface area contributed by atoms with Crippen LogP contribution in [0.1, 0.15) is 25.7 Å². The molecule has 2 saturated heterocycles. The minimum atomic E-state index is -3.62. The largest absolute Gasteiger partial charge is 0.399 e. The minimum absolute atomic E-state index is 0.252. The van der Waals surface area contributed by atoms with E-state index < -0.39 is 20.8 Å². The third kappa shape index (κ3) is 7.24. The van der Waals surface area contributed by atoms with Crippen LogP contribution in [-0.4, -0.2) is 43.3 Å². The van der Waals surface area contributed by atoms with E-state index in [1.165, 1.54) is 0 Å². The molecule has 8 nitrogen and oxygen atoms in total. The smallest absolute Gasteiger partial charge is 0.248 e. The fraction of sp³-hybridized carbons (Fsp3) is 1.00. The summed E-state index contributed by atoms with van der Waals surface area (Å²) >= 11 is 0. The van der Waals surface area contributed by atoms with Crippen molar-refractivity contribution in [2.45, 2.75) is 25.7 Å². The maximum absolute atomic E-state index is 10.4. The molecule has 2 aliphatic rings. The van der Waals surface area contributed by atoms with Crippen LogP contribution in [0, 0.1) is 0 Å². The van der Waals surface area contributed by atoms with Crippen molar-refractivity contribution < 1.29 is 33.6 Å². The molecule has 108 valence electrons. The first-order valence-electron chi connectivity index (χ1n) is 5.49. The van der Waals surface area contributed by atoms with Crippen molar-refractivity contribution >= 4 is 20.8 Å². The Bertz CT molecular complexity index is 356. The Morgan fingerprint density at radius 1 is 0.500 bits per heavy atom. The van der Waals surface area contributed by atoms with Crippen molar-refractivity contribution in [3.63, 3.8) is 0 Å². The molecule has 2 rings (SSSR count). The van der Waals surface area contributed by atoms with E-state index >= 15 is 0 Å². The molecule has 0 aromatic rings. The SMILES string of the molecule is O=S1(=O)OCCCCO1.O=S1(=O)OCCCCO1. The van der Waals surface area contributed by atoms with Crippen molar-refractivity contribution in [1.82, 2.24) is 0 Å². The summed E-state index contributed by atoms with van der Waals surface area (Å²) in [5.41, 5.74) is 0. The van der Waals surface area contributed by atoms with Crippen LogP contribution in [0.25, 0.3) is 0 Å². The van der Waals surface area contributed by atoms with Gasteiger partial charge in [-0.1, -0.05) is 0 Å². The minimum Gasteiger partial charge on any atom is -0.248 e. The Kier molecular flexibility index (Phi) is 6.46. The molecule has 0 N–H and O–H groups in total. The highest BCUT2D eigenvalue weighted by molar-refractivity contribution is 7.82. The lowest BCUT2D eigenvalue weighted by atomic mass is 10.3. The molecule has 0 aliphatic carbocycles. The van der Waals surface area contributed by atoms with Gasteiger partial charge in [0.05, 0.1) is 26.4 Å². The predicted molar refractivity (Wildman–Crippen MR) is 60.1 cm³/mol. The van der Waals surface area contributed by atoms with Gasteiger partial charge in [-0.2, -0.15) is 16.8 Å². The maximum atomic E-state index is 10.4. The quantitative estimate of drug-likeness (QED) is 0.621. The van der Waals surface area contributed by atoms with Gasteiger partial charge in [0, 0.05) is 0 Å². The molecule has 0 amide bonds. The Morgan fingerprint density at radius 2 is 0.722 bits per heavy atom. The zero-order valence-corrected chi connectivity index (χ0v) is 11.4. The Morgan fingerprint density at radius 3 is 0.944 bits per heavy atom. The second-order valence-corrected chi connectivity index (χ2v) is 6.09. The van der Waals surface area contributed by atoms with Crippen LogP contribution in [0.5, 0.6) is 0 Å². The molecular formula is C8H16O8S2. The summed E-state index contributed by atoms with van der Waals surface area (Å²) in [5.74, 6) is 0. The summed E-state index contributed by atoms with van der Waals surface area (Å²) in [4.78, 5) is 0. The summed E-state index contributed by atoms with van der Waals surface area (Å²) in [6.45, 7) is 1.01. The first-order chi connectivity index (χ1) is 8.41. The van der Waals surface area contributed by atoms with E-state index in [1.807, 2.05) is 0 Å².